The first-order chi connectivity index (χ1) is 19.8. The van der Waals surface area contributed by atoms with Gasteiger partial charge >= 0.3 is 0 Å². The number of oxazole rings is 1. The fourth-order valence-corrected chi connectivity index (χ4v) is 4.19. The number of amides is 1. The van der Waals surface area contributed by atoms with Crippen molar-refractivity contribution in [3.05, 3.63) is 113 Å². The third-order valence-electron chi connectivity index (χ3n) is 5.73. The number of benzene rings is 2. The van der Waals surface area contributed by atoms with Gasteiger partial charge < -0.3 is 24.5 Å². The van der Waals surface area contributed by atoms with Crippen LogP contribution in [0.2, 0.25) is 0 Å². The zero-order valence-electron chi connectivity index (χ0n) is 23.7. The van der Waals surface area contributed by atoms with Crippen molar-refractivity contribution in [3.8, 4) is 23.0 Å². The van der Waals surface area contributed by atoms with Gasteiger partial charge in [-0.15, -0.1) is 11.3 Å². The van der Waals surface area contributed by atoms with Crippen molar-refractivity contribution in [2.75, 3.05) is 26.6 Å². The van der Waals surface area contributed by atoms with Crippen LogP contribution in [-0.4, -0.2) is 37.9 Å². The van der Waals surface area contributed by atoms with Gasteiger partial charge in [-0.2, -0.15) is 0 Å². The Hall–Kier alpha value is -4.89. The molecule has 2 aromatic carbocycles. The van der Waals surface area contributed by atoms with Crippen molar-refractivity contribution in [3.63, 3.8) is 0 Å². The number of ether oxygens (including phenoxy) is 2. The molecule has 4 rings (SSSR count). The maximum Gasteiger partial charge on any atom is 0.265 e. The molecule has 0 saturated heterocycles. The Morgan fingerprint density at radius 3 is 2.37 bits per heavy atom. The number of anilines is 1. The molecule has 0 unspecified atom stereocenters. The standard InChI is InChI=1S/C23H20N2O3S.C9H13NO2/c1-4-18(24-22(27)19-11-8-14-29-19)13-12-15(2)21-20(16(3)26)25-23(28-21)17-9-6-5-7-10-17;1-10-8-6-7(11-2)4-5-9(8)12-3/h4-14H,2H2,1,3H3,(H,24,27);4-6,10H,1-3H3/b13-12-,18-4+;. The lowest BCUT2D eigenvalue weighted by Gasteiger charge is -2.08. The van der Waals surface area contributed by atoms with Gasteiger partial charge in [-0.3, -0.25) is 9.59 Å². The van der Waals surface area contributed by atoms with E-state index in [-0.39, 0.29) is 17.4 Å². The minimum Gasteiger partial charge on any atom is -0.497 e. The number of methoxy groups -OCH3 is 2. The second-order valence-corrected chi connectivity index (χ2v) is 9.42. The number of nitrogens with zero attached hydrogens (tertiary/aromatic N) is 1. The number of ketones is 1. The number of thiophene rings is 1. The topological polar surface area (TPSA) is 103 Å². The largest absolute Gasteiger partial charge is 0.497 e. The first-order valence-electron chi connectivity index (χ1n) is 12.7. The van der Waals surface area contributed by atoms with E-state index in [4.69, 9.17) is 13.9 Å². The molecule has 0 aliphatic carbocycles. The zero-order chi connectivity index (χ0) is 29.8. The third-order valence-corrected chi connectivity index (χ3v) is 6.60. The van der Waals surface area contributed by atoms with Crippen LogP contribution in [0.25, 0.3) is 17.0 Å². The molecule has 0 bridgehead atoms. The molecule has 8 nitrogen and oxygen atoms in total. The maximum absolute atomic E-state index is 12.2. The molecule has 0 aliphatic rings. The van der Waals surface area contributed by atoms with Crippen LogP contribution in [0.1, 0.15) is 39.8 Å². The first-order valence-corrected chi connectivity index (χ1v) is 13.5. The van der Waals surface area contributed by atoms with E-state index >= 15 is 0 Å². The van der Waals surface area contributed by atoms with Gasteiger partial charge in [-0.25, -0.2) is 4.98 Å². The van der Waals surface area contributed by atoms with Gasteiger partial charge in [0, 0.05) is 36.9 Å². The summed E-state index contributed by atoms with van der Waals surface area (Å²) in [4.78, 5) is 29.2. The molecule has 41 heavy (non-hydrogen) atoms. The minimum atomic E-state index is -0.210. The van der Waals surface area contributed by atoms with E-state index in [0.29, 0.717) is 27.8 Å². The van der Waals surface area contributed by atoms with Crippen LogP contribution in [0.5, 0.6) is 11.5 Å². The number of hydrogen-bond donors (Lipinski definition) is 2. The molecule has 0 atom stereocenters. The van der Waals surface area contributed by atoms with Crippen LogP contribution in [0.15, 0.2) is 101 Å². The van der Waals surface area contributed by atoms with E-state index in [9.17, 15) is 9.59 Å². The molecule has 9 heteroatoms. The molecule has 0 aliphatic heterocycles. The Kier molecular flexibility index (Phi) is 11.2. The predicted octanol–water partition coefficient (Wildman–Crippen LogP) is 7.25. The number of nitrogens with one attached hydrogen (secondary N) is 2. The van der Waals surface area contributed by atoms with Crippen LogP contribution in [0, 0.1) is 0 Å². The molecule has 0 spiro atoms. The summed E-state index contributed by atoms with van der Waals surface area (Å²) in [7, 11) is 5.13. The molecular formula is C32H33N3O5S. The summed E-state index contributed by atoms with van der Waals surface area (Å²) in [6.07, 6.45) is 5.17. The third kappa shape index (κ3) is 8.30. The van der Waals surface area contributed by atoms with Gasteiger partial charge in [-0.1, -0.05) is 36.9 Å². The maximum atomic E-state index is 12.2. The van der Waals surface area contributed by atoms with Gasteiger partial charge in [0.25, 0.3) is 5.91 Å². The summed E-state index contributed by atoms with van der Waals surface area (Å²) in [5.41, 5.74) is 3.02. The molecule has 0 radical (unpaired) electrons. The summed E-state index contributed by atoms with van der Waals surface area (Å²) < 4.78 is 16.0. The smallest absolute Gasteiger partial charge is 0.265 e. The van der Waals surface area contributed by atoms with E-state index in [1.54, 1.807) is 38.5 Å². The number of aromatic nitrogens is 1. The molecule has 2 aromatic heterocycles. The average Bonchev–Trinajstić information content (AvgIpc) is 3.71. The van der Waals surface area contributed by atoms with Gasteiger partial charge in [-0.05, 0) is 54.8 Å². The Balaban J connectivity index is 0.000000322. The van der Waals surface area contributed by atoms with E-state index in [1.165, 1.54) is 18.3 Å². The Morgan fingerprint density at radius 1 is 1.02 bits per heavy atom. The Morgan fingerprint density at radius 2 is 1.78 bits per heavy atom. The molecular weight excluding hydrogens is 538 g/mol. The number of hydrogen-bond acceptors (Lipinski definition) is 8. The van der Waals surface area contributed by atoms with Crippen LogP contribution < -0.4 is 20.1 Å². The Bertz CT molecular complexity index is 1540. The van der Waals surface area contributed by atoms with Crippen LogP contribution in [0.4, 0.5) is 5.69 Å². The highest BCUT2D eigenvalue weighted by Gasteiger charge is 2.19. The zero-order valence-corrected chi connectivity index (χ0v) is 24.5. The van der Waals surface area contributed by atoms with Gasteiger partial charge in [0.15, 0.2) is 17.2 Å². The van der Waals surface area contributed by atoms with Crippen LogP contribution >= 0.6 is 11.3 Å². The van der Waals surface area contributed by atoms with Gasteiger partial charge in [0.1, 0.15) is 11.5 Å². The molecule has 2 heterocycles. The van der Waals surface area contributed by atoms with Crippen LogP contribution in [-0.2, 0) is 0 Å². The van der Waals surface area contributed by atoms with Gasteiger partial charge in [0.2, 0.25) is 5.89 Å². The lowest BCUT2D eigenvalue weighted by atomic mass is 10.1. The molecule has 4 aromatic rings. The lowest BCUT2D eigenvalue weighted by Crippen LogP contribution is -2.20. The normalized spacial score (nSPS) is 10.9. The fourth-order valence-electron chi connectivity index (χ4n) is 3.57. The van der Waals surface area contributed by atoms with Crippen molar-refractivity contribution in [1.29, 1.82) is 0 Å². The summed E-state index contributed by atoms with van der Waals surface area (Å²) in [6, 6.07) is 18.5. The molecule has 0 saturated carbocycles. The highest BCUT2D eigenvalue weighted by Crippen LogP contribution is 2.28. The van der Waals surface area contributed by atoms with E-state index in [2.05, 4.69) is 22.2 Å². The lowest BCUT2D eigenvalue weighted by molar-refractivity contribution is 0.0969. The van der Waals surface area contributed by atoms with E-state index < -0.39 is 0 Å². The summed E-state index contributed by atoms with van der Waals surface area (Å²) in [6.45, 7) is 7.26. The van der Waals surface area contributed by atoms with Crippen molar-refractivity contribution >= 4 is 34.3 Å². The summed E-state index contributed by atoms with van der Waals surface area (Å²) in [5.74, 6) is 1.92. The van der Waals surface area contributed by atoms with Crippen molar-refractivity contribution < 1.29 is 23.5 Å². The monoisotopic (exact) mass is 571 g/mol. The van der Waals surface area contributed by atoms with Gasteiger partial charge in [0.05, 0.1) is 24.8 Å². The summed E-state index contributed by atoms with van der Waals surface area (Å²) >= 11 is 1.37. The number of allylic oxidation sites excluding steroid dienone is 4. The van der Waals surface area contributed by atoms with Crippen LogP contribution in [0.3, 0.4) is 0 Å². The summed E-state index contributed by atoms with van der Waals surface area (Å²) in [5, 5.41) is 7.70. The SMILES string of the molecule is C=C(/C=C\C(=C/C)NC(=O)c1cccs1)c1oc(-c2ccccc2)nc1C(C)=O.CNc1cc(OC)ccc1OC. The number of Topliss-reactive ketones (excluding diaryl/α,β-unsaturated/α-hetero) is 1. The highest BCUT2D eigenvalue weighted by atomic mass is 32.1. The highest BCUT2D eigenvalue weighted by molar-refractivity contribution is 7.12. The van der Waals surface area contributed by atoms with Crippen molar-refractivity contribution in [1.82, 2.24) is 10.3 Å². The minimum absolute atomic E-state index is 0.182. The molecule has 212 valence electrons. The first kappa shape index (κ1) is 30.6. The second-order valence-electron chi connectivity index (χ2n) is 8.47. The van der Waals surface area contributed by atoms with Crippen molar-refractivity contribution in [2.24, 2.45) is 0 Å². The number of carbonyl (C=O) groups excluding carboxylic acids is 2. The van der Waals surface area contributed by atoms with E-state index in [1.807, 2.05) is 73.9 Å². The average molecular weight is 572 g/mol. The predicted molar refractivity (Wildman–Crippen MR) is 165 cm³/mol. The van der Waals surface area contributed by atoms with Crippen molar-refractivity contribution in [2.45, 2.75) is 13.8 Å². The molecule has 1 amide bonds. The second kappa shape index (κ2) is 15.0. The van der Waals surface area contributed by atoms with E-state index in [0.717, 1.165) is 22.7 Å². The Labute approximate surface area is 244 Å². The number of rotatable bonds is 10. The quantitative estimate of drug-likeness (QED) is 0.153. The fraction of sp³-hybridized carbons (Fsp3) is 0.156. The molecule has 0 fully saturated rings. The number of carbonyl (C=O) groups is 2. The molecule has 2 N–H and O–H groups in total.